The molecule has 0 spiro atoms. The van der Waals surface area contributed by atoms with Crippen molar-refractivity contribution in [1.29, 1.82) is 0 Å². The van der Waals surface area contributed by atoms with E-state index < -0.39 is 0 Å². The van der Waals surface area contributed by atoms with Crippen molar-refractivity contribution < 1.29 is 4.74 Å². The van der Waals surface area contributed by atoms with Crippen LogP contribution in [0.5, 0.6) is 5.75 Å². The Bertz CT molecular complexity index is 1120. The lowest BCUT2D eigenvalue weighted by Gasteiger charge is -2.12. The Morgan fingerprint density at radius 3 is 2.39 bits per heavy atom. The van der Waals surface area contributed by atoms with Gasteiger partial charge >= 0.3 is 0 Å². The molecular formula is C25H20BrNO. The lowest BCUT2D eigenvalue weighted by molar-refractivity contribution is 0.306. The topological polar surface area (TPSA) is 21.6 Å². The van der Waals surface area contributed by atoms with Gasteiger partial charge in [-0.1, -0.05) is 76.1 Å². The molecular weight excluding hydrogens is 410 g/mol. The molecule has 0 saturated carbocycles. The van der Waals surface area contributed by atoms with Crippen LogP contribution in [-0.2, 0) is 6.61 Å². The van der Waals surface area contributed by atoms with Crippen molar-refractivity contribution >= 4 is 38.6 Å². The van der Waals surface area contributed by atoms with Gasteiger partial charge in [0.1, 0.15) is 12.4 Å². The standard InChI is InChI=1S/C25H20BrNO/c1-18-6-13-22(14-7-18)27-16-24-23-5-3-2-4-20(23)10-15-25(24)28-17-19-8-11-21(26)12-9-19/h2-16H,17H2,1H3. The Labute approximate surface area is 173 Å². The van der Waals surface area contributed by atoms with Crippen LogP contribution in [0.3, 0.4) is 0 Å². The van der Waals surface area contributed by atoms with Crippen LogP contribution in [0.25, 0.3) is 10.8 Å². The summed E-state index contributed by atoms with van der Waals surface area (Å²) in [6, 6.07) is 28.8. The van der Waals surface area contributed by atoms with Crippen LogP contribution < -0.4 is 4.74 Å². The lowest BCUT2D eigenvalue weighted by atomic mass is 10.0. The molecule has 138 valence electrons. The average Bonchev–Trinajstić information content (AvgIpc) is 2.73. The van der Waals surface area contributed by atoms with Gasteiger partial charge in [0.05, 0.1) is 5.69 Å². The smallest absolute Gasteiger partial charge is 0.129 e. The molecule has 2 nitrogen and oxygen atoms in total. The van der Waals surface area contributed by atoms with E-state index in [1.807, 2.05) is 48.7 Å². The molecule has 0 unspecified atom stereocenters. The fourth-order valence-electron chi connectivity index (χ4n) is 3.05. The number of halogens is 1. The minimum absolute atomic E-state index is 0.511. The quantitative estimate of drug-likeness (QED) is 0.306. The number of ether oxygens (including phenoxy) is 1. The number of fused-ring (bicyclic) bond motifs is 1. The number of hydrogen-bond acceptors (Lipinski definition) is 2. The average molecular weight is 430 g/mol. The highest BCUT2D eigenvalue weighted by molar-refractivity contribution is 9.10. The normalized spacial score (nSPS) is 11.2. The van der Waals surface area contributed by atoms with Crippen LogP contribution in [0.15, 0.2) is 94.4 Å². The van der Waals surface area contributed by atoms with Crippen molar-refractivity contribution in [3.63, 3.8) is 0 Å². The van der Waals surface area contributed by atoms with E-state index in [4.69, 9.17) is 4.74 Å². The van der Waals surface area contributed by atoms with E-state index in [1.165, 1.54) is 10.9 Å². The van der Waals surface area contributed by atoms with Gasteiger partial charge in [-0.25, -0.2) is 0 Å². The summed E-state index contributed by atoms with van der Waals surface area (Å²) in [6.45, 7) is 2.59. The summed E-state index contributed by atoms with van der Waals surface area (Å²) in [7, 11) is 0. The number of benzene rings is 4. The number of rotatable bonds is 5. The zero-order valence-corrected chi connectivity index (χ0v) is 17.2. The summed E-state index contributed by atoms with van der Waals surface area (Å²) in [5.74, 6) is 0.831. The molecule has 0 saturated heterocycles. The van der Waals surface area contributed by atoms with Crippen molar-refractivity contribution in [2.75, 3.05) is 0 Å². The molecule has 0 bridgehead atoms. The lowest BCUT2D eigenvalue weighted by Crippen LogP contribution is -1.99. The van der Waals surface area contributed by atoms with Crippen LogP contribution in [-0.4, -0.2) is 6.21 Å². The molecule has 0 fully saturated rings. The Morgan fingerprint density at radius 1 is 0.857 bits per heavy atom. The van der Waals surface area contributed by atoms with E-state index in [2.05, 4.69) is 70.3 Å². The number of hydrogen-bond donors (Lipinski definition) is 0. The van der Waals surface area contributed by atoms with E-state index in [9.17, 15) is 0 Å². The van der Waals surface area contributed by atoms with Crippen LogP contribution >= 0.6 is 15.9 Å². The molecule has 4 aromatic carbocycles. The second-order valence-electron chi connectivity index (χ2n) is 6.71. The molecule has 0 aliphatic carbocycles. The van der Waals surface area contributed by atoms with Crippen molar-refractivity contribution in [3.8, 4) is 5.75 Å². The zero-order valence-electron chi connectivity index (χ0n) is 15.6. The predicted octanol–water partition coefficient (Wildman–Crippen LogP) is 7.24. The molecule has 3 heteroatoms. The first-order chi connectivity index (χ1) is 13.7. The molecule has 4 rings (SSSR count). The summed E-state index contributed by atoms with van der Waals surface area (Å²) in [5, 5.41) is 2.30. The first kappa shape index (κ1) is 18.5. The number of aryl methyl sites for hydroxylation is 1. The maximum absolute atomic E-state index is 6.17. The summed E-state index contributed by atoms with van der Waals surface area (Å²) < 4.78 is 7.24. The Morgan fingerprint density at radius 2 is 1.61 bits per heavy atom. The van der Waals surface area contributed by atoms with Gasteiger partial charge in [0, 0.05) is 16.3 Å². The molecule has 0 aliphatic heterocycles. The molecule has 28 heavy (non-hydrogen) atoms. The third-order valence-electron chi connectivity index (χ3n) is 4.61. The number of aliphatic imine (C=N–C) groups is 1. The summed E-state index contributed by atoms with van der Waals surface area (Å²) in [5.41, 5.74) is 4.27. The van der Waals surface area contributed by atoms with Crippen LogP contribution in [0.4, 0.5) is 5.69 Å². The molecule has 0 radical (unpaired) electrons. The summed E-state index contributed by atoms with van der Waals surface area (Å²) in [6.07, 6.45) is 1.91. The first-order valence-corrected chi connectivity index (χ1v) is 9.98. The van der Waals surface area contributed by atoms with Gasteiger partial charge in [-0.15, -0.1) is 0 Å². The van der Waals surface area contributed by atoms with Gasteiger partial charge in [0.25, 0.3) is 0 Å². The molecule has 4 aromatic rings. The van der Waals surface area contributed by atoms with Gasteiger partial charge in [0.2, 0.25) is 0 Å². The highest BCUT2D eigenvalue weighted by atomic mass is 79.9. The monoisotopic (exact) mass is 429 g/mol. The van der Waals surface area contributed by atoms with E-state index in [1.54, 1.807) is 0 Å². The Hall–Kier alpha value is -2.91. The highest BCUT2D eigenvalue weighted by Gasteiger charge is 2.08. The molecule has 0 N–H and O–H groups in total. The molecule has 0 amide bonds. The minimum Gasteiger partial charge on any atom is -0.488 e. The molecule has 0 heterocycles. The van der Waals surface area contributed by atoms with E-state index in [0.29, 0.717) is 6.61 Å². The highest BCUT2D eigenvalue weighted by Crippen LogP contribution is 2.28. The maximum atomic E-state index is 6.17. The van der Waals surface area contributed by atoms with Crippen molar-refractivity contribution in [2.45, 2.75) is 13.5 Å². The Kier molecular flexibility index (Phi) is 5.54. The fourth-order valence-corrected chi connectivity index (χ4v) is 3.31. The second kappa shape index (κ2) is 8.41. The van der Waals surface area contributed by atoms with Crippen molar-refractivity contribution in [2.24, 2.45) is 4.99 Å². The fraction of sp³-hybridized carbons (Fsp3) is 0.0800. The maximum Gasteiger partial charge on any atom is 0.129 e. The van der Waals surface area contributed by atoms with Crippen LogP contribution in [0.2, 0.25) is 0 Å². The largest absolute Gasteiger partial charge is 0.488 e. The van der Waals surface area contributed by atoms with Gasteiger partial charge < -0.3 is 4.74 Å². The van der Waals surface area contributed by atoms with Crippen LogP contribution in [0.1, 0.15) is 16.7 Å². The van der Waals surface area contributed by atoms with E-state index in [0.717, 1.165) is 32.4 Å². The van der Waals surface area contributed by atoms with Gasteiger partial charge in [-0.05, 0) is 53.6 Å². The first-order valence-electron chi connectivity index (χ1n) is 9.19. The zero-order chi connectivity index (χ0) is 19.3. The molecule has 0 atom stereocenters. The Balaban J connectivity index is 1.68. The van der Waals surface area contributed by atoms with Gasteiger partial charge in [0.15, 0.2) is 0 Å². The van der Waals surface area contributed by atoms with Crippen molar-refractivity contribution in [3.05, 3.63) is 106 Å². The minimum atomic E-state index is 0.511. The summed E-state index contributed by atoms with van der Waals surface area (Å²) in [4.78, 5) is 4.68. The predicted molar refractivity (Wildman–Crippen MR) is 121 cm³/mol. The number of nitrogens with zero attached hydrogens (tertiary/aromatic N) is 1. The third kappa shape index (κ3) is 4.32. The van der Waals surface area contributed by atoms with E-state index >= 15 is 0 Å². The van der Waals surface area contributed by atoms with Crippen LogP contribution in [0, 0.1) is 6.92 Å². The third-order valence-corrected chi connectivity index (χ3v) is 5.14. The van der Waals surface area contributed by atoms with Gasteiger partial charge in [-0.2, -0.15) is 0 Å². The van der Waals surface area contributed by atoms with Crippen molar-refractivity contribution in [1.82, 2.24) is 0 Å². The van der Waals surface area contributed by atoms with E-state index in [-0.39, 0.29) is 0 Å². The SMILES string of the molecule is Cc1ccc(N=Cc2c(OCc3ccc(Br)cc3)ccc3ccccc23)cc1. The van der Waals surface area contributed by atoms with Gasteiger partial charge in [-0.3, -0.25) is 4.99 Å². The summed E-state index contributed by atoms with van der Waals surface area (Å²) >= 11 is 3.47. The molecule has 0 aromatic heterocycles. The second-order valence-corrected chi connectivity index (χ2v) is 7.62. The molecule has 0 aliphatic rings.